The molecule has 2 aromatic rings. The molecular formula is C26H31F3N2. The van der Waals surface area contributed by atoms with Crippen molar-refractivity contribution < 1.29 is 13.2 Å². The standard InChI is InChI=1S/C26H31F3N2/c1-6-19(9-7-8-10-24(30)26(27,28)29)20-11-15-22(16-12-20)31(5)23-17-13-21(14-18-23)25(2,3)4/h6,8-18,24H,1,7,30H2,2-5H3/b10-8+,19-9+. The van der Waals surface area contributed by atoms with Crippen molar-refractivity contribution in [2.45, 2.75) is 44.8 Å². The van der Waals surface area contributed by atoms with Crippen molar-refractivity contribution in [2.24, 2.45) is 5.73 Å². The van der Waals surface area contributed by atoms with Crippen LogP contribution in [0.2, 0.25) is 0 Å². The van der Waals surface area contributed by atoms with Gasteiger partial charge in [0.15, 0.2) is 0 Å². The monoisotopic (exact) mass is 428 g/mol. The van der Waals surface area contributed by atoms with Gasteiger partial charge in [-0.1, -0.05) is 75.9 Å². The van der Waals surface area contributed by atoms with Crippen LogP contribution in [0.25, 0.3) is 5.57 Å². The van der Waals surface area contributed by atoms with E-state index in [1.807, 2.05) is 37.4 Å². The summed E-state index contributed by atoms with van der Waals surface area (Å²) in [4.78, 5) is 2.11. The maximum Gasteiger partial charge on any atom is 0.407 e. The van der Waals surface area contributed by atoms with Crippen molar-refractivity contribution in [1.82, 2.24) is 0 Å². The Bertz CT molecular complexity index is 915. The number of rotatable bonds is 7. The maximum atomic E-state index is 12.5. The Morgan fingerprint density at radius 1 is 1.00 bits per heavy atom. The van der Waals surface area contributed by atoms with Crippen LogP contribution in [0, 0.1) is 0 Å². The quantitative estimate of drug-likeness (QED) is 0.374. The first-order valence-corrected chi connectivity index (χ1v) is 10.2. The van der Waals surface area contributed by atoms with E-state index in [4.69, 9.17) is 5.73 Å². The predicted molar refractivity (Wildman–Crippen MR) is 126 cm³/mol. The number of halogens is 3. The number of allylic oxidation sites excluding steroid dienone is 4. The summed E-state index contributed by atoms with van der Waals surface area (Å²) in [5.74, 6) is 0. The summed E-state index contributed by atoms with van der Waals surface area (Å²) in [7, 11) is 2.01. The van der Waals surface area contributed by atoms with E-state index < -0.39 is 12.2 Å². The van der Waals surface area contributed by atoms with Gasteiger partial charge in [-0.25, -0.2) is 0 Å². The smallest absolute Gasteiger partial charge is 0.345 e. The van der Waals surface area contributed by atoms with Gasteiger partial charge >= 0.3 is 6.18 Å². The van der Waals surface area contributed by atoms with Crippen LogP contribution >= 0.6 is 0 Å². The lowest BCUT2D eigenvalue weighted by atomic mass is 9.87. The fourth-order valence-corrected chi connectivity index (χ4v) is 3.06. The molecule has 1 atom stereocenters. The third kappa shape index (κ3) is 6.86. The molecule has 0 saturated heterocycles. The zero-order valence-electron chi connectivity index (χ0n) is 18.6. The van der Waals surface area contributed by atoms with Gasteiger partial charge in [0.2, 0.25) is 0 Å². The van der Waals surface area contributed by atoms with Gasteiger partial charge in [0, 0.05) is 18.4 Å². The summed E-state index contributed by atoms with van der Waals surface area (Å²) in [5.41, 5.74) is 10.4. The van der Waals surface area contributed by atoms with E-state index >= 15 is 0 Å². The van der Waals surface area contributed by atoms with Crippen molar-refractivity contribution >= 4 is 16.9 Å². The summed E-state index contributed by atoms with van der Waals surface area (Å²) in [6, 6.07) is 14.6. The number of nitrogens with two attached hydrogens (primary N) is 1. The van der Waals surface area contributed by atoms with E-state index in [2.05, 4.69) is 56.5 Å². The van der Waals surface area contributed by atoms with Crippen LogP contribution < -0.4 is 10.6 Å². The maximum absolute atomic E-state index is 12.5. The van der Waals surface area contributed by atoms with E-state index in [0.717, 1.165) is 28.6 Å². The average molecular weight is 429 g/mol. The zero-order chi connectivity index (χ0) is 23.2. The van der Waals surface area contributed by atoms with Crippen LogP contribution in [-0.2, 0) is 5.41 Å². The van der Waals surface area contributed by atoms with Crippen LogP contribution in [-0.4, -0.2) is 19.3 Å². The Morgan fingerprint density at radius 2 is 1.52 bits per heavy atom. The van der Waals surface area contributed by atoms with Crippen molar-refractivity contribution in [1.29, 1.82) is 0 Å². The number of hydrogen-bond donors (Lipinski definition) is 1. The molecule has 0 bridgehead atoms. The number of benzene rings is 2. The number of hydrogen-bond acceptors (Lipinski definition) is 2. The number of nitrogens with zero attached hydrogens (tertiary/aromatic N) is 1. The molecule has 2 rings (SSSR count). The molecular weight excluding hydrogens is 397 g/mol. The van der Waals surface area contributed by atoms with Gasteiger partial charge in [-0.3, -0.25) is 0 Å². The third-order valence-electron chi connectivity index (χ3n) is 5.12. The minimum absolute atomic E-state index is 0.110. The van der Waals surface area contributed by atoms with Gasteiger partial charge in [-0.15, -0.1) is 0 Å². The van der Waals surface area contributed by atoms with Crippen LogP contribution in [0.5, 0.6) is 0 Å². The van der Waals surface area contributed by atoms with Crippen molar-refractivity contribution in [3.63, 3.8) is 0 Å². The van der Waals surface area contributed by atoms with Crippen molar-refractivity contribution in [3.8, 4) is 0 Å². The zero-order valence-corrected chi connectivity index (χ0v) is 18.6. The largest absolute Gasteiger partial charge is 0.407 e. The lowest BCUT2D eigenvalue weighted by molar-refractivity contribution is -0.136. The van der Waals surface area contributed by atoms with Crippen LogP contribution in [0.3, 0.4) is 0 Å². The first-order chi connectivity index (χ1) is 14.4. The molecule has 166 valence electrons. The molecule has 1 unspecified atom stereocenters. The molecule has 0 saturated carbocycles. The molecule has 0 aliphatic carbocycles. The molecule has 2 aromatic carbocycles. The average Bonchev–Trinajstić information content (AvgIpc) is 2.72. The molecule has 5 heteroatoms. The SMILES string of the molecule is C=C/C(=C\C/C=C/C(N)C(F)(F)F)c1ccc(N(C)c2ccc(C(C)(C)C)cc2)cc1. The van der Waals surface area contributed by atoms with Gasteiger partial charge in [-0.05, 0) is 52.8 Å². The topological polar surface area (TPSA) is 29.3 Å². The normalized spacial score (nSPS) is 14.0. The van der Waals surface area contributed by atoms with E-state index in [1.165, 1.54) is 11.6 Å². The molecule has 2 nitrogen and oxygen atoms in total. The minimum atomic E-state index is -4.42. The fourth-order valence-electron chi connectivity index (χ4n) is 3.06. The van der Waals surface area contributed by atoms with Crippen LogP contribution in [0.15, 0.2) is 79.4 Å². The second-order valence-electron chi connectivity index (χ2n) is 8.50. The highest BCUT2D eigenvalue weighted by atomic mass is 19.4. The highest BCUT2D eigenvalue weighted by molar-refractivity contribution is 5.75. The number of alkyl halides is 3. The molecule has 0 aromatic heterocycles. The van der Waals surface area contributed by atoms with Crippen molar-refractivity contribution in [3.05, 3.63) is 90.5 Å². The summed E-state index contributed by atoms with van der Waals surface area (Å²) in [5, 5.41) is 0. The molecule has 0 heterocycles. The second kappa shape index (κ2) is 10.0. The Morgan fingerprint density at radius 3 is 1.97 bits per heavy atom. The van der Waals surface area contributed by atoms with Gasteiger partial charge in [0.25, 0.3) is 0 Å². The Kier molecular flexibility index (Phi) is 7.91. The predicted octanol–water partition coefficient (Wildman–Crippen LogP) is 7.16. The fraction of sp³-hybridized carbons (Fsp3) is 0.308. The van der Waals surface area contributed by atoms with E-state index in [1.54, 1.807) is 6.08 Å². The highest BCUT2D eigenvalue weighted by Gasteiger charge is 2.34. The van der Waals surface area contributed by atoms with Crippen molar-refractivity contribution in [2.75, 3.05) is 11.9 Å². The molecule has 0 amide bonds. The lowest BCUT2D eigenvalue weighted by Crippen LogP contribution is -2.35. The molecule has 0 radical (unpaired) electrons. The molecule has 0 aliphatic rings. The molecule has 0 fully saturated rings. The van der Waals surface area contributed by atoms with E-state index in [0.29, 0.717) is 6.42 Å². The van der Waals surface area contributed by atoms with Gasteiger partial charge < -0.3 is 10.6 Å². The van der Waals surface area contributed by atoms with Gasteiger partial charge in [-0.2, -0.15) is 13.2 Å². The molecule has 2 N–H and O–H groups in total. The van der Waals surface area contributed by atoms with E-state index in [9.17, 15) is 13.2 Å². The third-order valence-corrected chi connectivity index (χ3v) is 5.12. The summed E-state index contributed by atoms with van der Waals surface area (Å²) in [6.07, 6.45) is 1.84. The molecule has 31 heavy (non-hydrogen) atoms. The lowest BCUT2D eigenvalue weighted by Gasteiger charge is -2.23. The Hall–Kier alpha value is -2.79. The summed E-state index contributed by atoms with van der Waals surface area (Å²) >= 11 is 0. The second-order valence-corrected chi connectivity index (χ2v) is 8.50. The van der Waals surface area contributed by atoms with E-state index in [-0.39, 0.29) is 5.41 Å². The minimum Gasteiger partial charge on any atom is -0.345 e. The first-order valence-electron chi connectivity index (χ1n) is 10.2. The van der Waals surface area contributed by atoms with Crippen LogP contribution in [0.4, 0.5) is 24.5 Å². The molecule has 0 spiro atoms. The Labute approximate surface area is 183 Å². The highest BCUT2D eigenvalue weighted by Crippen LogP contribution is 2.29. The van der Waals surface area contributed by atoms with Gasteiger partial charge in [0.1, 0.15) is 6.04 Å². The Balaban J connectivity index is 2.10. The molecule has 0 aliphatic heterocycles. The summed E-state index contributed by atoms with van der Waals surface area (Å²) in [6.45, 7) is 10.4. The number of anilines is 2. The summed E-state index contributed by atoms with van der Waals surface area (Å²) < 4.78 is 37.4. The van der Waals surface area contributed by atoms with Gasteiger partial charge in [0.05, 0.1) is 0 Å². The van der Waals surface area contributed by atoms with Crippen LogP contribution in [0.1, 0.15) is 38.3 Å². The first kappa shape index (κ1) is 24.5.